The van der Waals surface area contributed by atoms with Crippen molar-refractivity contribution in [2.75, 3.05) is 51.9 Å². The maximum atomic E-state index is 13.3. The van der Waals surface area contributed by atoms with E-state index in [4.69, 9.17) is 58.5 Å². The first-order chi connectivity index (χ1) is 19.0. The van der Waals surface area contributed by atoms with Crippen molar-refractivity contribution in [1.29, 1.82) is 0 Å². The number of halogens is 3. The van der Waals surface area contributed by atoms with Crippen LogP contribution in [0.1, 0.15) is 13.8 Å². The third-order valence-corrected chi connectivity index (χ3v) is 8.32. The van der Waals surface area contributed by atoms with E-state index < -0.39 is 34.0 Å². The Morgan fingerprint density at radius 2 is 1.45 bits per heavy atom. The first kappa shape index (κ1) is 32.2. The number of rotatable bonds is 13. The first-order valence-electron chi connectivity index (χ1n) is 12.3. The molecule has 14 heteroatoms. The van der Waals surface area contributed by atoms with Crippen molar-refractivity contribution >= 4 is 56.6 Å². The Morgan fingerprint density at radius 3 is 2.00 bits per heavy atom. The van der Waals surface area contributed by atoms with Crippen LogP contribution >= 0.6 is 34.8 Å². The molecule has 1 aliphatic rings. The number of morpholine rings is 1. The summed E-state index contributed by atoms with van der Waals surface area (Å²) in [6.07, 6.45) is -1.24. The Labute approximate surface area is 248 Å². The van der Waals surface area contributed by atoms with Gasteiger partial charge in [-0.3, -0.25) is 14.5 Å². The van der Waals surface area contributed by atoms with E-state index >= 15 is 0 Å². The monoisotopic (exact) mass is 637 g/mol. The molecule has 0 bridgehead atoms. The fourth-order valence-corrected chi connectivity index (χ4v) is 6.01. The zero-order chi connectivity index (χ0) is 29.3. The predicted octanol–water partition coefficient (Wildman–Crippen LogP) is 4.02. The second kappa shape index (κ2) is 15.1. The van der Waals surface area contributed by atoms with Crippen molar-refractivity contribution in [1.82, 2.24) is 4.90 Å². The number of sulfone groups is 1. The van der Waals surface area contributed by atoms with Crippen molar-refractivity contribution in [3.63, 3.8) is 0 Å². The molecule has 10 nitrogen and oxygen atoms in total. The summed E-state index contributed by atoms with van der Waals surface area (Å²) >= 11 is 18.3. The number of benzene rings is 2. The molecule has 0 aliphatic carbocycles. The molecule has 1 fully saturated rings. The zero-order valence-corrected chi connectivity index (χ0v) is 25.0. The quantitative estimate of drug-likeness (QED) is 0.235. The summed E-state index contributed by atoms with van der Waals surface area (Å²) in [5.74, 6) is -0.520. The molecule has 220 valence electrons. The van der Waals surface area contributed by atoms with Crippen LogP contribution < -0.4 is 9.47 Å². The standard InChI is InChI=1S/C26H30Cl3NO9S/c1-17(31)38-20(13-27)15-37-26-24(28)11-23(12-25(26)29)40(33,34)22-5-3-19(4-6-22)36-16-21(39-18(2)32)14-30-7-9-35-10-8-30/h3-6,11-12,20-21H,7-10,13-16H2,1-2H3/t20-,21+/m1/s1. The summed E-state index contributed by atoms with van der Waals surface area (Å²) in [6.45, 7) is 5.72. The molecule has 3 rings (SSSR count). The SMILES string of the molecule is CC(=O)O[C@H](CCl)COc1c(Cl)cc(S(=O)(=O)c2ccc(OC[C@H](CN3CCOCC3)OC(C)=O)cc2)cc1Cl. The van der Waals surface area contributed by atoms with E-state index in [0.717, 1.165) is 13.1 Å². The Hall–Kier alpha value is -2.28. The van der Waals surface area contributed by atoms with Gasteiger partial charge in [-0.05, 0) is 36.4 Å². The van der Waals surface area contributed by atoms with Gasteiger partial charge in [0.25, 0.3) is 0 Å². The van der Waals surface area contributed by atoms with Crippen LogP contribution in [0.25, 0.3) is 0 Å². The molecule has 0 spiro atoms. The fraction of sp³-hybridized carbons (Fsp3) is 0.462. The number of carbonyl (C=O) groups excluding carboxylic acids is 2. The lowest BCUT2D eigenvalue weighted by molar-refractivity contribution is -0.149. The third kappa shape index (κ3) is 9.39. The average Bonchev–Trinajstić information content (AvgIpc) is 2.90. The van der Waals surface area contributed by atoms with Gasteiger partial charge in [-0.2, -0.15) is 0 Å². The van der Waals surface area contributed by atoms with Gasteiger partial charge in [0.05, 0.1) is 38.9 Å². The summed E-state index contributed by atoms with van der Waals surface area (Å²) < 4.78 is 53.6. The van der Waals surface area contributed by atoms with E-state index in [1.807, 2.05) is 0 Å². The Bertz CT molecular complexity index is 1250. The molecule has 0 radical (unpaired) electrons. The van der Waals surface area contributed by atoms with Crippen molar-refractivity contribution in [3.05, 3.63) is 46.4 Å². The minimum Gasteiger partial charge on any atom is -0.490 e. The van der Waals surface area contributed by atoms with Crippen molar-refractivity contribution in [2.24, 2.45) is 0 Å². The van der Waals surface area contributed by atoms with Gasteiger partial charge in [0, 0.05) is 33.5 Å². The molecule has 40 heavy (non-hydrogen) atoms. The van der Waals surface area contributed by atoms with Gasteiger partial charge in [-0.25, -0.2) is 8.42 Å². The number of hydrogen-bond donors (Lipinski definition) is 0. The maximum Gasteiger partial charge on any atom is 0.303 e. The molecule has 2 aromatic rings. The highest BCUT2D eigenvalue weighted by molar-refractivity contribution is 7.91. The maximum absolute atomic E-state index is 13.3. The van der Waals surface area contributed by atoms with E-state index in [-0.39, 0.29) is 44.7 Å². The van der Waals surface area contributed by atoms with Crippen molar-refractivity contribution < 1.29 is 41.7 Å². The fourth-order valence-electron chi connectivity index (χ4n) is 3.82. The molecule has 2 aromatic carbocycles. The lowest BCUT2D eigenvalue weighted by Gasteiger charge is -2.30. The molecule has 1 aliphatic heterocycles. The second-order valence-electron chi connectivity index (χ2n) is 8.84. The molecule has 1 saturated heterocycles. The lowest BCUT2D eigenvalue weighted by Crippen LogP contribution is -2.43. The van der Waals surface area contributed by atoms with E-state index in [2.05, 4.69) is 4.90 Å². The van der Waals surface area contributed by atoms with Crippen LogP contribution in [0.3, 0.4) is 0 Å². The van der Waals surface area contributed by atoms with Crippen molar-refractivity contribution in [2.45, 2.75) is 35.8 Å². The van der Waals surface area contributed by atoms with E-state index in [0.29, 0.717) is 25.5 Å². The van der Waals surface area contributed by atoms with Gasteiger partial charge in [0.15, 0.2) is 5.75 Å². The summed E-state index contributed by atoms with van der Waals surface area (Å²) in [5, 5.41) is -0.0853. The molecule has 0 aromatic heterocycles. The third-order valence-electron chi connectivity index (χ3n) is 5.67. The zero-order valence-electron chi connectivity index (χ0n) is 21.9. The molecule has 0 saturated carbocycles. The largest absolute Gasteiger partial charge is 0.490 e. The molecule has 0 N–H and O–H groups in total. The molecular formula is C26H30Cl3NO9S. The van der Waals surface area contributed by atoms with Crippen molar-refractivity contribution in [3.8, 4) is 11.5 Å². The van der Waals surface area contributed by atoms with Gasteiger partial charge < -0.3 is 23.7 Å². The second-order valence-corrected chi connectivity index (χ2v) is 11.9. The van der Waals surface area contributed by atoms with Gasteiger partial charge in [-0.15, -0.1) is 11.6 Å². The number of esters is 2. The number of alkyl halides is 1. The topological polar surface area (TPSA) is 118 Å². The number of hydrogen-bond acceptors (Lipinski definition) is 10. The van der Waals surface area contributed by atoms with Crippen LogP contribution in [-0.2, 0) is 33.6 Å². The van der Waals surface area contributed by atoms with E-state index in [1.54, 1.807) is 0 Å². The summed E-state index contributed by atoms with van der Waals surface area (Å²) in [4.78, 5) is 24.7. The minimum atomic E-state index is -3.99. The summed E-state index contributed by atoms with van der Waals surface area (Å²) in [7, 11) is -3.99. The molecule has 0 amide bonds. The van der Waals surface area contributed by atoms with Crippen LogP contribution in [0.4, 0.5) is 0 Å². The van der Waals surface area contributed by atoms with Gasteiger partial charge in [0.2, 0.25) is 9.84 Å². The Morgan fingerprint density at radius 1 is 0.900 bits per heavy atom. The van der Waals surface area contributed by atoms with Gasteiger partial charge in [-0.1, -0.05) is 23.2 Å². The smallest absolute Gasteiger partial charge is 0.303 e. The Balaban J connectivity index is 1.67. The lowest BCUT2D eigenvalue weighted by atomic mass is 10.3. The molecule has 2 atom stereocenters. The summed E-state index contributed by atoms with van der Waals surface area (Å²) in [5.41, 5.74) is 0. The highest BCUT2D eigenvalue weighted by Crippen LogP contribution is 2.37. The van der Waals surface area contributed by atoms with Gasteiger partial charge in [0.1, 0.15) is 31.2 Å². The van der Waals surface area contributed by atoms with Crippen LogP contribution in [0.2, 0.25) is 10.0 Å². The number of ether oxygens (including phenoxy) is 5. The molecule has 0 unspecified atom stereocenters. The molecule has 1 heterocycles. The van der Waals surface area contributed by atoms with Crippen LogP contribution in [0.15, 0.2) is 46.2 Å². The number of carbonyl (C=O) groups is 2. The highest BCUT2D eigenvalue weighted by Gasteiger charge is 2.24. The van der Waals surface area contributed by atoms with Crippen LogP contribution in [-0.4, -0.2) is 89.4 Å². The van der Waals surface area contributed by atoms with E-state index in [1.165, 1.54) is 50.2 Å². The van der Waals surface area contributed by atoms with E-state index in [9.17, 15) is 18.0 Å². The normalized spacial score (nSPS) is 15.6. The number of nitrogens with zero attached hydrogens (tertiary/aromatic N) is 1. The highest BCUT2D eigenvalue weighted by atomic mass is 35.5. The first-order valence-corrected chi connectivity index (χ1v) is 15.1. The average molecular weight is 639 g/mol. The predicted molar refractivity (Wildman–Crippen MR) is 148 cm³/mol. The van der Waals surface area contributed by atoms with Crippen LogP contribution in [0.5, 0.6) is 11.5 Å². The van der Waals surface area contributed by atoms with Gasteiger partial charge >= 0.3 is 11.9 Å². The molecular weight excluding hydrogens is 609 g/mol. The minimum absolute atomic E-state index is 0.0115. The summed E-state index contributed by atoms with van der Waals surface area (Å²) in [6, 6.07) is 8.25. The van der Waals surface area contributed by atoms with Crippen LogP contribution in [0, 0.1) is 0 Å². The Kier molecular flexibility index (Phi) is 12.2.